The minimum atomic E-state index is -3.66. The van der Waals surface area contributed by atoms with Crippen molar-refractivity contribution in [3.8, 4) is 0 Å². The molecule has 35 heavy (non-hydrogen) atoms. The molecule has 0 spiro atoms. The summed E-state index contributed by atoms with van der Waals surface area (Å²) in [5.74, 6) is 0.356. The Labute approximate surface area is 211 Å². The highest BCUT2D eigenvalue weighted by Gasteiger charge is 2.28. The van der Waals surface area contributed by atoms with Crippen LogP contribution in [-0.4, -0.2) is 49.3 Å². The van der Waals surface area contributed by atoms with Gasteiger partial charge in [0.1, 0.15) is 15.9 Å². The molecule has 1 aliphatic carbocycles. The maximum atomic E-state index is 12.8. The first-order valence-electron chi connectivity index (χ1n) is 12.3. The maximum absolute atomic E-state index is 12.8. The number of carbonyl (C=O) groups excluding carboxylic acids is 1. The molecule has 1 aromatic heterocycles. The molecule has 10 heteroatoms. The van der Waals surface area contributed by atoms with E-state index in [1.807, 2.05) is 18.2 Å². The summed E-state index contributed by atoms with van der Waals surface area (Å²) in [6.07, 6.45) is 4.14. The fourth-order valence-corrected chi connectivity index (χ4v) is 6.55. The van der Waals surface area contributed by atoms with Crippen LogP contribution < -0.4 is 14.9 Å². The summed E-state index contributed by atoms with van der Waals surface area (Å²) >= 11 is 1.01. The van der Waals surface area contributed by atoms with E-state index in [1.165, 1.54) is 5.69 Å². The van der Waals surface area contributed by atoms with Crippen LogP contribution in [0.15, 0.2) is 53.4 Å². The Morgan fingerprint density at radius 2 is 1.83 bits per heavy atom. The fraction of sp³-hybridized carbons (Fsp3) is 0.480. The van der Waals surface area contributed by atoms with Crippen LogP contribution in [-0.2, 0) is 14.8 Å². The van der Waals surface area contributed by atoms with Crippen molar-refractivity contribution in [2.45, 2.75) is 43.9 Å². The Morgan fingerprint density at radius 3 is 2.57 bits per heavy atom. The van der Waals surface area contributed by atoms with Gasteiger partial charge < -0.3 is 10.2 Å². The number of amides is 1. The average Bonchev–Trinajstić information content (AvgIpc) is 3.37. The lowest BCUT2D eigenvalue weighted by atomic mass is 9.81. The summed E-state index contributed by atoms with van der Waals surface area (Å²) in [6, 6.07) is 15.3. The summed E-state index contributed by atoms with van der Waals surface area (Å²) in [7, 11) is -3.66. The summed E-state index contributed by atoms with van der Waals surface area (Å²) in [4.78, 5) is 15.1. The lowest BCUT2D eigenvalue weighted by Crippen LogP contribution is -2.37. The second-order valence-corrected chi connectivity index (χ2v) is 11.3. The van der Waals surface area contributed by atoms with Gasteiger partial charge in [-0.15, -0.1) is 0 Å². The quantitative estimate of drug-likeness (QED) is 0.377. The van der Waals surface area contributed by atoms with E-state index in [0.29, 0.717) is 24.1 Å². The number of hydrogen-bond donors (Lipinski definition) is 2. The minimum Gasteiger partial charge on any atom is -0.372 e. The Kier molecular flexibility index (Phi) is 8.69. The van der Waals surface area contributed by atoms with Gasteiger partial charge in [0.25, 0.3) is 0 Å². The predicted octanol–water partition coefficient (Wildman–Crippen LogP) is 3.81. The number of carbonyl (C=O) groups is 1. The molecule has 1 saturated carbocycles. The van der Waals surface area contributed by atoms with Crippen molar-refractivity contribution in [1.29, 1.82) is 0 Å². The Hall–Kier alpha value is -2.56. The van der Waals surface area contributed by atoms with Gasteiger partial charge in [-0.3, -0.25) is 4.79 Å². The van der Waals surface area contributed by atoms with Crippen molar-refractivity contribution < 1.29 is 13.2 Å². The van der Waals surface area contributed by atoms with Gasteiger partial charge in [0.05, 0.1) is 11.7 Å². The lowest BCUT2D eigenvalue weighted by Gasteiger charge is -2.28. The number of fused-ring (bicyclic) bond motifs is 1. The first-order valence-corrected chi connectivity index (χ1v) is 14.5. The highest BCUT2D eigenvalue weighted by molar-refractivity contribution is 7.89. The van der Waals surface area contributed by atoms with Crippen LogP contribution in [0.3, 0.4) is 0 Å². The molecular formula is C25H33N5O3S2. The number of rotatable bonds is 11. The van der Waals surface area contributed by atoms with Gasteiger partial charge in [0.15, 0.2) is 0 Å². The van der Waals surface area contributed by atoms with Crippen LogP contribution in [0.5, 0.6) is 0 Å². The number of hydrogen-bond acceptors (Lipinski definition) is 7. The number of aromatic nitrogens is 2. The van der Waals surface area contributed by atoms with Gasteiger partial charge in [0, 0.05) is 37.8 Å². The van der Waals surface area contributed by atoms with E-state index in [-0.39, 0.29) is 22.6 Å². The highest BCUT2D eigenvalue weighted by atomic mass is 32.2. The van der Waals surface area contributed by atoms with Gasteiger partial charge >= 0.3 is 0 Å². The average molecular weight is 516 g/mol. The third kappa shape index (κ3) is 6.56. The molecule has 2 N–H and O–H groups in total. The summed E-state index contributed by atoms with van der Waals surface area (Å²) in [5, 5.41) is 3.10. The van der Waals surface area contributed by atoms with Crippen molar-refractivity contribution >= 4 is 44.4 Å². The third-order valence-corrected chi connectivity index (χ3v) is 8.72. The second-order valence-electron chi connectivity index (χ2n) is 9.02. The fourth-order valence-electron chi connectivity index (χ4n) is 4.67. The molecule has 8 nitrogen and oxygen atoms in total. The van der Waals surface area contributed by atoms with E-state index >= 15 is 0 Å². The van der Waals surface area contributed by atoms with Gasteiger partial charge in [-0.1, -0.05) is 24.3 Å². The predicted molar refractivity (Wildman–Crippen MR) is 140 cm³/mol. The molecule has 0 bridgehead atoms. The van der Waals surface area contributed by atoms with E-state index < -0.39 is 10.0 Å². The van der Waals surface area contributed by atoms with Crippen molar-refractivity contribution in [2.24, 2.45) is 11.8 Å². The zero-order valence-corrected chi connectivity index (χ0v) is 21.7. The monoisotopic (exact) mass is 515 g/mol. The normalized spacial score (nSPS) is 18.4. The Balaban J connectivity index is 1.17. The summed E-state index contributed by atoms with van der Waals surface area (Å²) in [5.41, 5.74) is 2.21. The van der Waals surface area contributed by atoms with Crippen molar-refractivity contribution in [1.82, 2.24) is 18.8 Å². The zero-order valence-electron chi connectivity index (χ0n) is 20.0. The summed E-state index contributed by atoms with van der Waals surface area (Å²) < 4.78 is 36.6. The second kappa shape index (κ2) is 11.9. The number of nitrogens with one attached hydrogen (secondary N) is 2. The van der Waals surface area contributed by atoms with Gasteiger partial charge in [-0.2, -0.15) is 8.75 Å². The van der Waals surface area contributed by atoms with E-state index in [2.05, 4.69) is 42.7 Å². The van der Waals surface area contributed by atoms with Crippen molar-refractivity contribution in [3.63, 3.8) is 0 Å². The van der Waals surface area contributed by atoms with E-state index in [4.69, 9.17) is 0 Å². The first-order chi connectivity index (χ1) is 17.0. The van der Waals surface area contributed by atoms with Crippen LogP contribution in [0.2, 0.25) is 0 Å². The SMILES string of the molecule is CCN(CCCNC(=O)C1CCC(CNS(=O)(=O)c2cccc3nsnc23)CC1)c1ccccc1. The van der Waals surface area contributed by atoms with Crippen molar-refractivity contribution in [3.05, 3.63) is 48.5 Å². The number of benzene rings is 2. The first kappa shape index (κ1) is 25.5. The van der Waals surface area contributed by atoms with Gasteiger partial charge in [-0.05, 0) is 69.2 Å². The molecule has 1 aliphatic rings. The van der Waals surface area contributed by atoms with E-state index in [1.54, 1.807) is 18.2 Å². The number of anilines is 1. The molecule has 188 valence electrons. The van der Waals surface area contributed by atoms with Crippen LogP contribution >= 0.6 is 11.7 Å². The molecule has 0 aliphatic heterocycles. The number of para-hydroxylation sites is 1. The molecular weight excluding hydrogens is 482 g/mol. The molecule has 2 aromatic carbocycles. The van der Waals surface area contributed by atoms with Crippen LogP contribution in [0, 0.1) is 11.8 Å². The molecule has 3 aromatic rings. The minimum absolute atomic E-state index is 0.00841. The molecule has 4 rings (SSSR count). The van der Waals surface area contributed by atoms with E-state index in [9.17, 15) is 13.2 Å². The molecule has 1 heterocycles. The largest absolute Gasteiger partial charge is 0.372 e. The highest BCUT2D eigenvalue weighted by Crippen LogP contribution is 2.29. The van der Waals surface area contributed by atoms with Crippen LogP contribution in [0.25, 0.3) is 11.0 Å². The van der Waals surface area contributed by atoms with Crippen molar-refractivity contribution in [2.75, 3.05) is 31.1 Å². The third-order valence-electron chi connectivity index (χ3n) is 6.73. The molecule has 1 amide bonds. The molecule has 0 atom stereocenters. The molecule has 0 radical (unpaired) electrons. The standard InChI is InChI=1S/C25H33N5O3S2/c1-2-30(21-8-4-3-5-9-21)17-7-16-26-25(31)20-14-12-19(13-15-20)18-27-35(32,33)23-11-6-10-22-24(23)29-34-28-22/h3-6,8-11,19-20,27H,2,7,12-18H2,1H3,(H,26,31). The zero-order chi connectivity index (χ0) is 24.7. The summed E-state index contributed by atoms with van der Waals surface area (Å²) in [6.45, 7) is 5.01. The Bertz CT molecular complexity index is 1210. The Morgan fingerprint density at radius 1 is 1.06 bits per heavy atom. The molecule has 0 unspecified atom stereocenters. The smallest absolute Gasteiger partial charge is 0.242 e. The number of sulfonamides is 1. The van der Waals surface area contributed by atoms with Crippen LogP contribution in [0.4, 0.5) is 5.69 Å². The maximum Gasteiger partial charge on any atom is 0.242 e. The molecule has 0 saturated heterocycles. The van der Waals surface area contributed by atoms with Crippen LogP contribution in [0.1, 0.15) is 39.0 Å². The molecule has 1 fully saturated rings. The lowest BCUT2D eigenvalue weighted by molar-refractivity contribution is -0.126. The van der Waals surface area contributed by atoms with Gasteiger partial charge in [0.2, 0.25) is 15.9 Å². The van der Waals surface area contributed by atoms with Gasteiger partial charge in [-0.25, -0.2) is 13.1 Å². The topological polar surface area (TPSA) is 104 Å². The van der Waals surface area contributed by atoms with E-state index in [0.717, 1.165) is 56.9 Å². The number of nitrogens with zero attached hydrogens (tertiary/aromatic N) is 3.